The molecule has 1 aromatic rings. The Balaban J connectivity index is 1.55. The molecule has 0 amide bonds. The normalized spacial score (nSPS) is 24.2. The molecule has 7 heteroatoms. The summed E-state index contributed by atoms with van der Waals surface area (Å²) in [5, 5.41) is 14.5. The minimum Gasteiger partial charge on any atom is -0.378 e. The highest BCUT2D eigenvalue weighted by Crippen LogP contribution is 2.32. The van der Waals surface area contributed by atoms with E-state index in [1.165, 1.54) is 18.9 Å². The zero-order valence-electron chi connectivity index (χ0n) is 17.0. The summed E-state index contributed by atoms with van der Waals surface area (Å²) in [5.41, 5.74) is 0.534. The van der Waals surface area contributed by atoms with Crippen molar-refractivity contribution in [1.29, 1.82) is 0 Å². The summed E-state index contributed by atoms with van der Waals surface area (Å²) in [6, 6.07) is 3.59. The first-order chi connectivity index (χ1) is 13.5. The maximum atomic E-state index is 14.0. The van der Waals surface area contributed by atoms with E-state index in [-0.39, 0.29) is 6.04 Å². The zero-order valence-corrected chi connectivity index (χ0v) is 17.0. The van der Waals surface area contributed by atoms with Crippen LogP contribution in [-0.4, -0.2) is 47.7 Å². The first-order valence-electron chi connectivity index (χ1n) is 10.5. The van der Waals surface area contributed by atoms with Gasteiger partial charge in [0.25, 0.3) is 0 Å². The number of likely N-dealkylation sites (tertiary alicyclic amines) is 1. The fourth-order valence-electron chi connectivity index (χ4n) is 4.55. The molecular weight excluding hydrogens is 361 g/mol. The van der Waals surface area contributed by atoms with Gasteiger partial charge in [-0.05, 0) is 69.6 Å². The molecule has 1 heterocycles. The van der Waals surface area contributed by atoms with Gasteiger partial charge in [-0.2, -0.15) is 4.39 Å². The molecule has 1 N–H and O–H groups in total. The first kappa shape index (κ1) is 21.0. The van der Waals surface area contributed by atoms with Gasteiger partial charge in [0, 0.05) is 31.8 Å². The van der Waals surface area contributed by atoms with E-state index < -0.39 is 16.4 Å². The van der Waals surface area contributed by atoms with Crippen molar-refractivity contribution >= 4 is 11.4 Å². The molecule has 1 aliphatic heterocycles. The van der Waals surface area contributed by atoms with Crippen molar-refractivity contribution in [2.75, 3.05) is 25.0 Å². The minimum atomic E-state index is -0.773. The summed E-state index contributed by atoms with van der Waals surface area (Å²) >= 11 is 0. The lowest BCUT2D eigenvalue weighted by atomic mass is 9.90. The third-order valence-electron chi connectivity index (χ3n) is 5.95. The van der Waals surface area contributed by atoms with Crippen LogP contribution in [0.3, 0.4) is 0 Å². The van der Waals surface area contributed by atoms with Gasteiger partial charge in [-0.3, -0.25) is 10.1 Å². The van der Waals surface area contributed by atoms with Gasteiger partial charge in [0.05, 0.1) is 11.0 Å². The van der Waals surface area contributed by atoms with Crippen LogP contribution in [0.25, 0.3) is 0 Å². The molecule has 0 bridgehead atoms. The topological polar surface area (TPSA) is 67.6 Å². The Morgan fingerprint density at radius 1 is 1.29 bits per heavy atom. The molecule has 1 saturated carbocycles. The third-order valence-corrected chi connectivity index (χ3v) is 5.95. The van der Waals surface area contributed by atoms with Crippen LogP contribution in [0.1, 0.15) is 57.4 Å². The summed E-state index contributed by atoms with van der Waals surface area (Å²) in [6.07, 6.45) is 7.96. The highest BCUT2D eigenvalue weighted by molar-refractivity contribution is 5.64. The lowest BCUT2D eigenvalue weighted by molar-refractivity contribution is -0.386. The molecule has 2 unspecified atom stereocenters. The number of rotatable bonds is 7. The summed E-state index contributed by atoms with van der Waals surface area (Å²) in [7, 11) is 0. The lowest BCUT2D eigenvalue weighted by Crippen LogP contribution is -2.47. The van der Waals surface area contributed by atoms with Crippen molar-refractivity contribution < 1.29 is 14.1 Å². The predicted octanol–water partition coefficient (Wildman–Crippen LogP) is 4.66. The molecular formula is C21H32FN3O3. The first-order valence-corrected chi connectivity index (χ1v) is 10.5. The van der Waals surface area contributed by atoms with Gasteiger partial charge in [0.2, 0.25) is 5.82 Å². The highest BCUT2D eigenvalue weighted by atomic mass is 19.1. The van der Waals surface area contributed by atoms with Crippen LogP contribution < -0.4 is 5.32 Å². The lowest BCUT2D eigenvalue weighted by Gasteiger charge is -2.41. The third kappa shape index (κ3) is 5.20. The van der Waals surface area contributed by atoms with Gasteiger partial charge in [-0.1, -0.05) is 6.92 Å². The molecule has 0 spiro atoms. The van der Waals surface area contributed by atoms with Crippen molar-refractivity contribution in [3.8, 4) is 0 Å². The molecule has 1 aromatic carbocycles. The monoisotopic (exact) mass is 393 g/mol. The standard InChI is InChI=1S/C21H32FN3O3/c1-3-11-28-18-6-4-5-17(14-18)24-9-7-16(8-10-24)23-20-13-15(2)12-19(22)21(20)25(26)27/h12-13,16-18,23H,3-11,14H2,1-2H3. The second-order valence-corrected chi connectivity index (χ2v) is 8.17. The highest BCUT2D eigenvalue weighted by Gasteiger charge is 2.31. The number of halogens is 1. The van der Waals surface area contributed by atoms with E-state index in [0.29, 0.717) is 23.4 Å². The molecule has 6 nitrogen and oxygen atoms in total. The van der Waals surface area contributed by atoms with Gasteiger partial charge in [-0.25, -0.2) is 0 Å². The fourth-order valence-corrected chi connectivity index (χ4v) is 4.55. The molecule has 2 atom stereocenters. The number of anilines is 1. The van der Waals surface area contributed by atoms with Crippen LogP contribution in [0.5, 0.6) is 0 Å². The summed E-state index contributed by atoms with van der Waals surface area (Å²) in [6.45, 7) is 6.66. The number of nitrogens with zero attached hydrogens (tertiary/aromatic N) is 2. The number of nitro benzene ring substituents is 1. The number of benzene rings is 1. The van der Waals surface area contributed by atoms with Gasteiger partial charge in [-0.15, -0.1) is 0 Å². The summed E-state index contributed by atoms with van der Waals surface area (Å²) in [4.78, 5) is 13.2. The number of ether oxygens (including phenoxy) is 1. The number of hydrogen-bond donors (Lipinski definition) is 1. The predicted molar refractivity (Wildman–Crippen MR) is 108 cm³/mol. The number of hydrogen-bond acceptors (Lipinski definition) is 5. The largest absolute Gasteiger partial charge is 0.378 e. The Hall–Kier alpha value is -1.73. The van der Waals surface area contributed by atoms with Crippen molar-refractivity contribution in [2.45, 2.75) is 77.0 Å². The van der Waals surface area contributed by atoms with Crippen molar-refractivity contribution in [1.82, 2.24) is 4.90 Å². The molecule has 1 saturated heterocycles. The molecule has 0 radical (unpaired) electrons. The second kappa shape index (κ2) is 9.65. The van der Waals surface area contributed by atoms with Crippen molar-refractivity contribution in [2.24, 2.45) is 0 Å². The number of nitrogens with one attached hydrogen (secondary N) is 1. The minimum absolute atomic E-state index is 0.131. The van der Waals surface area contributed by atoms with Gasteiger partial charge >= 0.3 is 5.69 Å². The van der Waals surface area contributed by atoms with E-state index in [1.54, 1.807) is 13.0 Å². The van der Waals surface area contributed by atoms with Crippen molar-refractivity contribution in [3.63, 3.8) is 0 Å². The SMILES string of the molecule is CCCOC1CCCC(N2CCC(Nc3cc(C)cc(F)c3[N+](=O)[O-])CC2)C1. The quantitative estimate of drug-likeness (QED) is 0.539. The number of aryl methyl sites for hydroxylation is 1. The van der Waals surface area contributed by atoms with E-state index in [9.17, 15) is 14.5 Å². The van der Waals surface area contributed by atoms with Gasteiger partial charge in [0.1, 0.15) is 5.69 Å². The molecule has 28 heavy (non-hydrogen) atoms. The van der Waals surface area contributed by atoms with E-state index in [0.717, 1.165) is 51.8 Å². The van der Waals surface area contributed by atoms with Gasteiger partial charge in [0.15, 0.2) is 0 Å². The van der Waals surface area contributed by atoms with Crippen LogP contribution in [0, 0.1) is 22.9 Å². The summed E-state index contributed by atoms with van der Waals surface area (Å²) < 4.78 is 20.0. The fraction of sp³-hybridized carbons (Fsp3) is 0.714. The molecule has 0 aromatic heterocycles. The van der Waals surface area contributed by atoms with E-state index >= 15 is 0 Å². The molecule has 2 fully saturated rings. The Morgan fingerprint density at radius 3 is 2.71 bits per heavy atom. The van der Waals surface area contributed by atoms with E-state index in [4.69, 9.17) is 4.74 Å². The smallest absolute Gasteiger partial charge is 0.327 e. The van der Waals surface area contributed by atoms with Gasteiger partial charge < -0.3 is 15.0 Å². The number of nitro groups is 1. The number of piperidine rings is 1. The average molecular weight is 394 g/mol. The molecule has 156 valence electrons. The summed E-state index contributed by atoms with van der Waals surface area (Å²) in [5.74, 6) is -0.773. The van der Waals surface area contributed by atoms with Crippen LogP contribution in [0.2, 0.25) is 0 Å². The zero-order chi connectivity index (χ0) is 20.1. The maximum Gasteiger partial charge on any atom is 0.327 e. The van der Waals surface area contributed by atoms with Crippen LogP contribution in [-0.2, 0) is 4.74 Å². The average Bonchev–Trinajstić information content (AvgIpc) is 2.66. The molecule has 2 aliphatic rings. The van der Waals surface area contributed by atoms with E-state index in [2.05, 4.69) is 17.1 Å². The Labute approximate surface area is 166 Å². The molecule has 3 rings (SSSR count). The van der Waals surface area contributed by atoms with Crippen LogP contribution in [0.15, 0.2) is 12.1 Å². The Morgan fingerprint density at radius 2 is 2.04 bits per heavy atom. The Kier molecular flexibility index (Phi) is 7.24. The Bertz CT molecular complexity index is 677. The second-order valence-electron chi connectivity index (χ2n) is 8.17. The van der Waals surface area contributed by atoms with E-state index in [1.807, 2.05) is 0 Å². The maximum absolute atomic E-state index is 14.0. The van der Waals surface area contributed by atoms with Crippen molar-refractivity contribution in [3.05, 3.63) is 33.6 Å². The van der Waals surface area contributed by atoms with Crippen LogP contribution in [0.4, 0.5) is 15.8 Å². The molecule has 1 aliphatic carbocycles. The van der Waals surface area contributed by atoms with Crippen LogP contribution >= 0.6 is 0 Å².